The molecule has 2 atom stereocenters. The molecule has 3 heterocycles. The van der Waals surface area contributed by atoms with E-state index < -0.39 is 5.54 Å². The van der Waals surface area contributed by atoms with Crippen molar-refractivity contribution in [2.75, 3.05) is 32.2 Å². The quantitative estimate of drug-likeness (QED) is 0.409. The van der Waals surface area contributed by atoms with E-state index >= 15 is 0 Å². The van der Waals surface area contributed by atoms with Crippen molar-refractivity contribution >= 4 is 29.2 Å². The van der Waals surface area contributed by atoms with E-state index in [2.05, 4.69) is 11.0 Å². The molecule has 6 rings (SSSR count). The lowest BCUT2D eigenvalue weighted by molar-refractivity contribution is -0.129. The fourth-order valence-corrected chi connectivity index (χ4v) is 6.50. The number of ether oxygens (including phenoxy) is 2. The number of hydrogen-bond acceptors (Lipinski definition) is 5. The van der Waals surface area contributed by atoms with Crippen LogP contribution in [0.2, 0.25) is 5.02 Å². The lowest BCUT2D eigenvalue weighted by Gasteiger charge is -2.49. The van der Waals surface area contributed by atoms with E-state index in [4.69, 9.17) is 21.1 Å². The second kappa shape index (κ2) is 9.64. The first-order chi connectivity index (χ1) is 18.4. The van der Waals surface area contributed by atoms with Gasteiger partial charge >= 0.3 is 6.03 Å². The van der Waals surface area contributed by atoms with Crippen LogP contribution in [0.3, 0.4) is 0 Å². The van der Waals surface area contributed by atoms with E-state index in [9.17, 15) is 9.59 Å². The largest absolute Gasteiger partial charge is 0.493 e. The van der Waals surface area contributed by atoms with Crippen LogP contribution < -0.4 is 14.4 Å². The Kier molecular flexibility index (Phi) is 6.28. The molecule has 3 aliphatic rings. The highest BCUT2D eigenvalue weighted by Crippen LogP contribution is 2.49. The number of rotatable bonds is 5. The van der Waals surface area contributed by atoms with Gasteiger partial charge in [-0.15, -0.1) is 0 Å². The van der Waals surface area contributed by atoms with Crippen LogP contribution in [-0.2, 0) is 17.8 Å². The maximum Gasteiger partial charge on any atom is 0.332 e. The number of hydrogen-bond donors (Lipinski definition) is 0. The number of carbonyl (C=O) groups is 2. The Hall–Kier alpha value is -3.55. The number of anilines is 1. The summed E-state index contributed by atoms with van der Waals surface area (Å²) in [5.41, 5.74) is 2.84. The van der Waals surface area contributed by atoms with E-state index in [0.29, 0.717) is 48.1 Å². The first-order valence-electron chi connectivity index (χ1n) is 12.9. The van der Waals surface area contributed by atoms with Crippen molar-refractivity contribution in [1.82, 2.24) is 9.80 Å². The van der Waals surface area contributed by atoms with Crippen molar-refractivity contribution in [1.29, 1.82) is 0 Å². The number of nitrogens with zero attached hydrogens (tertiary/aromatic N) is 3. The number of imide groups is 1. The van der Waals surface area contributed by atoms with Gasteiger partial charge in [-0.2, -0.15) is 0 Å². The van der Waals surface area contributed by atoms with E-state index in [1.165, 1.54) is 10.5 Å². The van der Waals surface area contributed by atoms with Gasteiger partial charge in [-0.25, -0.2) is 9.69 Å². The molecule has 196 valence electrons. The highest BCUT2D eigenvalue weighted by molar-refractivity contribution is 6.31. The molecule has 0 radical (unpaired) electrons. The fourth-order valence-electron chi connectivity index (χ4n) is 6.32. The standard InChI is InChI=1S/C30H30ClN3O4/c1-37-26-15-21-11-13-32-14-12-30(18-25(32)24(21)17-27(26)38-2)28(35)34(23-10-6-9-22(31)16-23)29(36)33(30)19-20-7-4-3-5-8-20/h3-10,15-17,25H,11-14,18-19H2,1-2H3/t25-,30+/m0/s1. The van der Waals surface area contributed by atoms with Gasteiger partial charge in [0.2, 0.25) is 0 Å². The number of methoxy groups -OCH3 is 2. The molecule has 3 aromatic rings. The molecular formula is C30H30ClN3O4. The van der Waals surface area contributed by atoms with Gasteiger partial charge in [0.25, 0.3) is 5.91 Å². The fraction of sp³-hybridized carbons (Fsp3) is 0.333. The zero-order valence-corrected chi connectivity index (χ0v) is 22.3. The van der Waals surface area contributed by atoms with Crippen molar-refractivity contribution in [3.63, 3.8) is 0 Å². The SMILES string of the molecule is COc1cc2c(cc1OC)[C@@H]1C[C@]3(CCN1CC2)C(=O)N(c1cccc(Cl)c1)C(=O)N3Cc1ccccc1. The summed E-state index contributed by atoms with van der Waals surface area (Å²) in [5, 5.41) is 0.482. The van der Waals surface area contributed by atoms with Crippen molar-refractivity contribution < 1.29 is 19.1 Å². The zero-order chi connectivity index (χ0) is 26.4. The van der Waals surface area contributed by atoms with Crippen molar-refractivity contribution in [2.45, 2.75) is 37.4 Å². The van der Waals surface area contributed by atoms with Crippen LogP contribution >= 0.6 is 11.6 Å². The molecule has 0 aliphatic carbocycles. The Morgan fingerprint density at radius 3 is 2.45 bits per heavy atom. The average molecular weight is 532 g/mol. The number of carbonyl (C=O) groups excluding carboxylic acids is 2. The molecule has 0 unspecified atom stereocenters. The van der Waals surface area contributed by atoms with Crippen LogP contribution in [0.25, 0.3) is 0 Å². The monoisotopic (exact) mass is 531 g/mol. The van der Waals surface area contributed by atoms with Gasteiger partial charge in [0.1, 0.15) is 5.54 Å². The molecule has 0 bridgehead atoms. The summed E-state index contributed by atoms with van der Waals surface area (Å²) in [6, 6.07) is 20.6. The maximum atomic E-state index is 14.4. The normalized spacial score (nSPS) is 23.0. The molecule has 0 saturated carbocycles. The third-order valence-electron chi connectivity index (χ3n) is 8.25. The van der Waals surface area contributed by atoms with E-state index in [-0.39, 0.29) is 18.0 Å². The first kappa shape index (κ1) is 24.8. The number of benzene rings is 3. The molecule has 2 fully saturated rings. The smallest absolute Gasteiger partial charge is 0.332 e. The topological polar surface area (TPSA) is 62.3 Å². The molecule has 8 heteroatoms. The molecule has 0 aromatic heterocycles. The third-order valence-corrected chi connectivity index (χ3v) is 8.48. The minimum absolute atomic E-state index is 0.0263. The summed E-state index contributed by atoms with van der Waals surface area (Å²) in [6.45, 7) is 1.96. The lowest BCUT2D eigenvalue weighted by Crippen LogP contribution is -2.58. The number of urea groups is 1. The molecule has 3 aliphatic heterocycles. The molecule has 3 aromatic carbocycles. The van der Waals surface area contributed by atoms with Crippen molar-refractivity contribution in [2.24, 2.45) is 0 Å². The van der Waals surface area contributed by atoms with Gasteiger partial charge in [0.15, 0.2) is 11.5 Å². The lowest BCUT2D eigenvalue weighted by atomic mass is 9.76. The van der Waals surface area contributed by atoms with Gasteiger partial charge in [0.05, 0.1) is 19.9 Å². The highest BCUT2D eigenvalue weighted by Gasteiger charge is 2.60. The van der Waals surface area contributed by atoms with E-state index in [1.807, 2.05) is 36.4 Å². The Bertz CT molecular complexity index is 1400. The zero-order valence-electron chi connectivity index (χ0n) is 21.5. The number of piperidine rings is 1. The molecule has 0 N–H and O–H groups in total. The summed E-state index contributed by atoms with van der Waals surface area (Å²) >= 11 is 6.27. The first-order valence-corrected chi connectivity index (χ1v) is 13.3. The van der Waals surface area contributed by atoms with Gasteiger partial charge in [-0.1, -0.05) is 48.0 Å². The van der Waals surface area contributed by atoms with Crippen LogP contribution in [0.15, 0.2) is 66.7 Å². The summed E-state index contributed by atoms with van der Waals surface area (Å²) in [7, 11) is 3.28. The summed E-state index contributed by atoms with van der Waals surface area (Å²) in [6.07, 6.45) is 1.97. The van der Waals surface area contributed by atoms with Crippen LogP contribution in [0, 0.1) is 0 Å². The minimum Gasteiger partial charge on any atom is -0.493 e. The van der Waals surface area contributed by atoms with Crippen LogP contribution in [0.1, 0.15) is 35.6 Å². The van der Waals surface area contributed by atoms with Gasteiger partial charge in [0, 0.05) is 30.7 Å². The second-order valence-corrected chi connectivity index (χ2v) is 10.6. The van der Waals surface area contributed by atoms with E-state index in [0.717, 1.165) is 24.1 Å². The van der Waals surface area contributed by atoms with Crippen molar-refractivity contribution in [3.05, 3.63) is 88.4 Å². The van der Waals surface area contributed by atoms with Gasteiger partial charge in [-0.05, 0) is 66.3 Å². The van der Waals surface area contributed by atoms with Crippen LogP contribution in [-0.4, -0.2) is 54.6 Å². The van der Waals surface area contributed by atoms with Gasteiger partial charge < -0.3 is 14.4 Å². The second-order valence-electron chi connectivity index (χ2n) is 10.2. The van der Waals surface area contributed by atoms with Crippen LogP contribution in [0.5, 0.6) is 11.5 Å². The summed E-state index contributed by atoms with van der Waals surface area (Å²) < 4.78 is 11.2. The Morgan fingerprint density at radius 2 is 1.71 bits per heavy atom. The molecular weight excluding hydrogens is 502 g/mol. The Morgan fingerprint density at radius 1 is 0.947 bits per heavy atom. The summed E-state index contributed by atoms with van der Waals surface area (Å²) in [4.78, 5) is 33.9. The predicted octanol–water partition coefficient (Wildman–Crippen LogP) is 5.46. The Balaban J connectivity index is 1.44. The number of halogens is 1. The maximum absolute atomic E-state index is 14.4. The van der Waals surface area contributed by atoms with Gasteiger partial charge in [-0.3, -0.25) is 9.69 Å². The van der Waals surface area contributed by atoms with E-state index in [1.54, 1.807) is 43.4 Å². The summed E-state index contributed by atoms with van der Waals surface area (Å²) in [5.74, 6) is 1.19. The highest BCUT2D eigenvalue weighted by atomic mass is 35.5. The molecule has 1 spiro atoms. The predicted molar refractivity (Wildman–Crippen MR) is 146 cm³/mol. The van der Waals surface area contributed by atoms with Crippen molar-refractivity contribution in [3.8, 4) is 11.5 Å². The average Bonchev–Trinajstić information content (AvgIpc) is 3.13. The number of amides is 3. The Labute approximate surface area is 227 Å². The molecule has 38 heavy (non-hydrogen) atoms. The molecule has 7 nitrogen and oxygen atoms in total. The van der Waals surface area contributed by atoms with Crippen LogP contribution in [0.4, 0.5) is 10.5 Å². The molecule has 2 saturated heterocycles. The minimum atomic E-state index is -0.974. The number of fused-ring (bicyclic) bond motifs is 3. The third kappa shape index (κ3) is 3.92. The molecule has 3 amide bonds.